The van der Waals surface area contributed by atoms with Crippen LogP contribution in [-0.2, 0) is 0 Å². The van der Waals surface area contributed by atoms with E-state index in [2.05, 4.69) is 5.11 Å². The van der Waals surface area contributed by atoms with E-state index in [1.807, 2.05) is 0 Å². The SMILES string of the molecule is O=C(O)c1ccc(N=[N+]([O-])c2ccccc2O)cc1. The van der Waals surface area contributed by atoms with Crippen molar-refractivity contribution in [2.24, 2.45) is 5.11 Å². The Bertz CT molecular complexity index is 635. The summed E-state index contributed by atoms with van der Waals surface area (Å²) in [5, 5.41) is 33.7. The van der Waals surface area contributed by atoms with Gasteiger partial charge in [0, 0.05) is 11.2 Å². The van der Waals surface area contributed by atoms with Crippen molar-refractivity contribution < 1.29 is 19.9 Å². The number of carboxylic acids is 1. The molecule has 0 radical (unpaired) electrons. The lowest BCUT2D eigenvalue weighted by Crippen LogP contribution is -1.95. The highest BCUT2D eigenvalue weighted by molar-refractivity contribution is 5.87. The Balaban J connectivity index is 2.31. The minimum absolute atomic E-state index is 0.0183. The van der Waals surface area contributed by atoms with Gasteiger partial charge in [0.25, 0.3) is 5.69 Å². The Kier molecular flexibility index (Phi) is 3.42. The molecular weight excluding hydrogens is 248 g/mol. The van der Waals surface area contributed by atoms with Gasteiger partial charge in [0.2, 0.25) is 0 Å². The first-order chi connectivity index (χ1) is 9.08. The number of carboxylic acid groups (broad SMARTS) is 1. The van der Waals surface area contributed by atoms with Crippen molar-refractivity contribution in [3.63, 3.8) is 0 Å². The normalized spacial score (nSPS) is 11.3. The number of hydrogen-bond acceptors (Lipinski definition) is 4. The quantitative estimate of drug-likeness (QED) is 0.502. The standard InChI is InChI=1S/C13H10N2O4/c16-12-4-2-1-3-11(12)15(19)14-10-7-5-9(6-8-10)13(17)18/h1-8,16H,(H,17,18). The molecule has 0 bridgehead atoms. The van der Waals surface area contributed by atoms with Crippen LogP contribution in [-0.4, -0.2) is 21.0 Å². The van der Waals surface area contributed by atoms with Crippen molar-refractivity contribution in [3.8, 4) is 5.75 Å². The zero-order valence-electron chi connectivity index (χ0n) is 9.72. The molecule has 0 heterocycles. The summed E-state index contributed by atoms with van der Waals surface area (Å²) in [6, 6.07) is 11.5. The average Bonchev–Trinajstić information content (AvgIpc) is 2.39. The maximum absolute atomic E-state index is 11.7. The summed E-state index contributed by atoms with van der Waals surface area (Å²) in [4.78, 5) is 10.9. The Hall–Kier alpha value is -2.89. The topological polar surface area (TPSA) is 96.0 Å². The van der Waals surface area contributed by atoms with Gasteiger partial charge in [-0.05, 0) is 35.2 Å². The average molecular weight is 258 g/mol. The largest absolute Gasteiger partial charge is 0.594 e. The first-order valence-corrected chi connectivity index (χ1v) is 5.38. The highest BCUT2D eigenvalue weighted by Crippen LogP contribution is 2.26. The smallest absolute Gasteiger partial charge is 0.335 e. The van der Waals surface area contributed by atoms with Gasteiger partial charge in [-0.25, -0.2) is 4.79 Å². The lowest BCUT2D eigenvalue weighted by atomic mass is 10.2. The number of rotatable bonds is 3. The van der Waals surface area contributed by atoms with Crippen molar-refractivity contribution in [2.45, 2.75) is 0 Å². The van der Waals surface area contributed by atoms with E-state index in [0.717, 1.165) is 0 Å². The summed E-state index contributed by atoms with van der Waals surface area (Å²) < 4.78 is 0. The van der Waals surface area contributed by atoms with E-state index in [-0.39, 0.29) is 21.9 Å². The van der Waals surface area contributed by atoms with Crippen LogP contribution in [0.1, 0.15) is 10.4 Å². The van der Waals surface area contributed by atoms with Crippen molar-refractivity contribution in [1.82, 2.24) is 0 Å². The zero-order chi connectivity index (χ0) is 13.8. The fourth-order valence-corrected chi connectivity index (χ4v) is 1.46. The molecule has 2 aromatic rings. The molecule has 6 heteroatoms. The van der Waals surface area contributed by atoms with Crippen molar-refractivity contribution in [1.29, 1.82) is 0 Å². The molecule has 0 amide bonds. The predicted octanol–water partition coefficient (Wildman–Crippen LogP) is 3.02. The monoisotopic (exact) mass is 258 g/mol. The second-order valence-electron chi connectivity index (χ2n) is 3.71. The number of phenolic OH excluding ortho intramolecular Hbond substituents is 1. The highest BCUT2D eigenvalue weighted by Gasteiger charge is 2.10. The van der Waals surface area contributed by atoms with Crippen LogP contribution in [0, 0.1) is 5.21 Å². The molecule has 0 aromatic heterocycles. The first kappa shape index (κ1) is 12.6. The number of hydrogen-bond donors (Lipinski definition) is 2. The van der Waals surface area contributed by atoms with Gasteiger partial charge in [0.1, 0.15) is 5.69 Å². The molecule has 0 aliphatic heterocycles. The number of aromatic carboxylic acids is 1. The summed E-state index contributed by atoms with van der Waals surface area (Å²) >= 11 is 0. The van der Waals surface area contributed by atoms with Crippen LogP contribution in [0.4, 0.5) is 11.4 Å². The van der Waals surface area contributed by atoms with Crippen LogP contribution in [0.2, 0.25) is 0 Å². The van der Waals surface area contributed by atoms with Crippen LogP contribution < -0.4 is 0 Å². The van der Waals surface area contributed by atoms with E-state index < -0.39 is 5.97 Å². The molecule has 2 aromatic carbocycles. The lowest BCUT2D eigenvalue weighted by molar-refractivity contribution is -0.436. The Labute approximate surface area is 108 Å². The van der Waals surface area contributed by atoms with Gasteiger partial charge in [-0.1, -0.05) is 12.1 Å². The number of para-hydroxylation sites is 2. The molecule has 0 saturated carbocycles. The predicted molar refractivity (Wildman–Crippen MR) is 66.9 cm³/mol. The van der Waals surface area contributed by atoms with E-state index in [9.17, 15) is 15.1 Å². The summed E-state index contributed by atoms with van der Waals surface area (Å²) in [5.41, 5.74) is 0.423. The molecule has 19 heavy (non-hydrogen) atoms. The summed E-state index contributed by atoms with van der Waals surface area (Å²) in [5.74, 6) is -1.23. The Morgan fingerprint density at radius 3 is 2.32 bits per heavy atom. The Morgan fingerprint density at radius 2 is 1.74 bits per heavy atom. The van der Waals surface area contributed by atoms with Gasteiger partial charge in [-0.3, -0.25) is 0 Å². The van der Waals surface area contributed by atoms with E-state index >= 15 is 0 Å². The molecule has 0 aliphatic rings. The number of benzene rings is 2. The lowest BCUT2D eigenvalue weighted by Gasteiger charge is -2.01. The summed E-state index contributed by atoms with van der Waals surface area (Å²) in [6.07, 6.45) is 0. The molecule has 0 aliphatic carbocycles. The van der Waals surface area contributed by atoms with Crippen LogP contribution >= 0.6 is 0 Å². The molecule has 2 rings (SSSR count). The fraction of sp³-hybridized carbons (Fsp3) is 0. The first-order valence-electron chi connectivity index (χ1n) is 5.38. The maximum Gasteiger partial charge on any atom is 0.335 e. The molecular formula is C13H10N2O4. The highest BCUT2D eigenvalue weighted by atomic mass is 16.5. The number of carbonyl (C=O) groups is 1. The van der Waals surface area contributed by atoms with E-state index in [4.69, 9.17) is 5.11 Å². The molecule has 0 fully saturated rings. The van der Waals surface area contributed by atoms with Crippen LogP contribution in [0.15, 0.2) is 53.6 Å². The molecule has 0 atom stereocenters. The minimum atomic E-state index is -1.05. The molecule has 96 valence electrons. The van der Waals surface area contributed by atoms with Crippen LogP contribution in [0.5, 0.6) is 5.75 Å². The second kappa shape index (κ2) is 5.18. The number of aromatic hydroxyl groups is 1. The molecule has 6 nitrogen and oxygen atoms in total. The molecule has 0 saturated heterocycles. The van der Waals surface area contributed by atoms with Crippen molar-refractivity contribution in [3.05, 3.63) is 59.3 Å². The van der Waals surface area contributed by atoms with Gasteiger partial charge in [0.15, 0.2) is 5.75 Å². The van der Waals surface area contributed by atoms with Gasteiger partial charge < -0.3 is 15.4 Å². The Morgan fingerprint density at radius 1 is 1.11 bits per heavy atom. The third-order valence-electron chi connectivity index (χ3n) is 2.41. The third kappa shape index (κ3) is 2.86. The van der Waals surface area contributed by atoms with Crippen molar-refractivity contribution in [2.75, 3.05) is 0 Å². The van der Waals surface area contributed by atoms with Crippen LogP contribution in [0.3, 0.4) is 0 Å². The zero-order valence-corrected chi connectivity index (χ0v) is 9.72. The van der Waals surface area contributed by atoms with E-state index in [1.54, 1.807) is 12.1 Å². The van der Waals surface area contributed by atoms with Gasteiger partial charge in [-0.2, -0.15) is 0 Å². The molecule has 0 spiro atoms. The number of nitrogens with zero attached hydrogens (tertiary/aromatic N) is 2. The maximum atomic E-state index is 11.7. The van der Waals surface area contributed by atoms with Crippen LogP contribution in [0.25, 0.3) is 0 Å². The van der Waals surface area contributed by atoms with Gasteiger partial charge >= 0.3 is 5.97 Å². The minimum Gasteiger partial charge on any atom is -0.594 e. The number of azo groups is 1. The van der Waals surface area contributed by atoms with E-state index in [0.29, 0.717) is 5.69 Å². The third-order valence-corrected chi connectivity index (χ3v) is 2.41. The molecule has 2 N–H and O–H groups in total. The second-order valence-corrected chi connectivity index (χ2v) is 3.71. The van der Waals surface area contributed by atoms with Gasteiger partial charge in [-0.15, -0.1) is 0 Å². The van der Waals surface area contributed by atoms with Gasteiger partial charge in [0.05, 0.1) is 5.56 Å². The van der Waals surface area contributed by atoms with E-state index in [1.165, 1.54) is 36.4 Å². The summed E-state index contributed by atoms with van der Waals surface area (Å²) in [6.45, 7) is 0. The summed E-state index contributed by atoms with van der Waals surface area (Å²) in [7, 11) is 0. The molecule has 0 unspecified atom stereocenters. The van der Waals surface area contributed by atoms with Crippen molar-refractivity contribution >= 4 is 17.3 Å². The number of phenols is 1. The fourth-order valence-electron chi connectivity index (χ4n) is 1.46.